The number of carbonyl (C=O) groups is 1. The van der Waals surface area contributed by atoms with Crippen molar-refractivity contribution >= 4 is 23.2 Å². The first-order chi connectivity index (χ1) is 17.2. The molecular weight excluding hydrogens is 498 g/mol. The Morgan fingerprint density at radius 3 is 2.28 bits per heavy atom. The van der Waals surface area contributed by atoms with Gasteiger partial charge < -0.3 is 4.90 Å². The maximum atomic E-state index is 13.9. The molecule has 1 saturated heterocycles. The maximum absolute atomic E-state index is 13.9. The molecule has 0 spiro atoms. The van der Waals surface area contributed by atoms with Crippen molar-refractivity contribution in [3.05, 3.63) is 88.5 Å². The molecule has 5 rings (SSSR count). The van der Waals surface area contributed by atoms with Crippen molar-refractivity contribution in [3.63, 3.8) is 0 Å². The molecular formula is C25H20ClF4N5O. The van der Waals surface area contributed by atoms with Gasteiger partial charge in [-0.05, 0) is 35.9 Å². The van der Waals surface area contributed by atoms with Crippen LogP contribution in [0, 0.1) is 5.82 Å². The lowest BCUT2D eigenvalue weighted by molar-refractivity contribution is -0.142. The molecule has 11 heteroatoms. The van der Waals surface area contributed by atoms with Crippen LogP contribution in [0.1, 0.15) is 21.7 Å². The number of hydrogen-bond donors (Lipinski definition) is 0. The van der Waals surface area contributed by atoms with Crippen molar-refractivity contribution in [1.82, 2.24) is 24.4 Å². The molecule has 0 atom stereocenters. The van der Waals surface area contributed by atoms with Crippen LogP contribution in [0.25, 0.3) is 16.9 Å². The van der Waals surface area contributed by atoms with E-state index in [1.165, 1.54) is 17.0 Å². The van der Waals surface area contributed by atoms with Crippen LogP contribution in [0.4, 0.5) is 17.6 Å². The molecule has 3 heterocycles. The van der Waals surface area contributed by atoms with Gasteiger partial charge in [-0.25, -0.2) is 13.9 Å². The topological polar surface area (TPSA) is 53.7 Å². The third-order valence-electron chi connectivity index (χ3n) is 6.07. The minimum atomic E-state index is -4.80. The summed E-state index contributed by atoms with van der Waals surface area (Å²) < 4.78 is 55.6. The number of rotatable bonds is 4. The van der Waals surface area contributed by atoms with Gasteiger partial charge in [0.1, 0.15) is 10.8 Å². The molecule has 1 amide bonds. The van der Waals surface area contributed by atoms with Gasteiger partial charge in [-0.1, -0.05) is 41.9 Å². The molecule has 2 aromatic heterocycles. The van der Waals surface area contributed by atoms with Crippen molar-refractivity contribution in [1.29, 1.82) is 0 Å². The minimum Gasteiger partial charge on any atom is -0.335 e. The van der Waals surface area contributed by atoms with E-state index in [0.29, 0.717) is 30.7 Å². The highest BCUT2D eigenvalue weighted by atomic mass is 35.5. The fourth-order valence-electron chi connectivity index (χ4n) is 4.20. The second kappa shape index (κ2) is 9.51. The molecule has 1 aliphatic heterocycles. The Bertz CT molecular complexity index is 1400. The number of piperazine rings is 1. The van der Waals surface area contributed by atoms with Gasteiger partial charge >= 0.3 is 6.18 Å². The second-order valence-electron chi connectivity index (χ2n) is 8.48. The van der Waals surface area contributed by atoms with Gasteiger partial charge in [-0.2, -0.15) is 18.3 Å². The highest BCUT2D eigenvalue weighted by Gasteiger charge is 2.37. The van der Waals surface area contributed by atoms with Gasteiger partial charge in [0, 0.05) is 38.3 Å². The summed E-state index contributed by atoms with van der Waals surface area (Å²) in [7, 11) is 0. The first kappa shape index (κ1) is 24.2. The molecule has 0 bridgehead atoms. The predicted octanol–water partition coefficient (Wildman–Crippen LogP) is 5.17. The van der Waals surface area contributed by atoms with Crippen molar-refractivity contribution in [3.8, 4) is 11.3 Å². The highest BCUT2D eigenvalue weighted by molar-refractivity contribution is 6.36. The van der Waals surface area contributed by atoms with Gasteiger partial charge in [-0.15, -0.1) is 0 Å². The molecule has 0 saturated carbocycles. The van der Waals surface area contributed by atoms with Crippen LogP contribution in [0.15, 0.2) is 60.7 Å². The number of fused-ring (bicyclic) bond motifs is 1. The Balaban J connectivity index is 1.43. The molecule has 0 unspecified atom stereocenters. The standard InChI is InChI=1S/C25H20ClF4N5O/c26-21-22(24(36)34-12-10-33(11-13-34)15-16-4-2-1-3-5-16)32-35-20(25(28,29)30)14-19(31-23(21)35)17-6-8-18(27)9-7-17/h1-9,14H,10-13,15H2. The maximum Gasteiger partial charge on any atom is 0.433 e. The molecule has 6 nitrogen and oxygen atoms in total. The first-order valence-corrected chi connectivity index (χ1v) is 11.6. The smallest absolute Gasteiger partial charge is 0.335 e. The van der Waals surface area contributed by atoms with Gasteiger partial charge in [-0.3, -0.25) is 9.69 Å². The van der Waals surface area contributed by atoms with E-state index in [9.17, 15) is 22.4 Å². The zero-order valence-electron chi connectivity index (χ0n) is 18.8. The van der Waals surface area contributed by atoms with Crippen molar-refractivity contribution in [2.75, 3.05) is 26.2 Å². The number of nitrogens with zero attached hydrogens (tertiary/aromatic N) is 5. The molecule has 0 N–H and O–H groups in total. The second-order valence-corrected chi connectivity index (χ2v) is 8.86. The fourth-order valence-corrected chi connectivity index (χ4v) is 4.44. The molecule has 1 fully saturated rings. The Morgan fingerprint density at radius 1 is 0.972 bits per heavy atom. The van der Waals surface area contributed by atoms with Crippen LogP contribution in [-0.2, 0) is 12.7 Å². The molecule has 0 radical (unpaired) electrons. The van der Waals surface area contributed by atoms with E-state index in [4.69, 9.17) is 11.6 Å². The summed E-state index contributed by atoms with van der Waals surface area (Å²) in [6, 6.07) is 15.6. The molecule has 1 aliphatic rings. The third kappa shape index (κ3) is 4.78. The fraction of sp³-hybridized carbons (Fsp3) is 0.240. The van der Waals surface area contributed by atoms with Crippen LogP contribution in [0.5, 0.6) is 0 Å². The average Bonchev–Trinajstić information content (AvgIpc) is 3.20. The summed E-state index contributed by atoms with van der Waals surface area (Å²) in [6.45, 7) is 2.72. The lowest BCUT2D eigenvalue weighted by atomic mass is 10.1. The molecule has 36 heavy (non-hydrogen) atoms. The highest BCUT2D eigenvalue weighted by Crippen LogP contribution is 2.35. The Hall–Kier alpha value is -3.50. The third-order valence-corrected chi connectivity index (χ3v) is 6.42. The lowest BCUT2D eigenvalue weighted by Crippen LogP contribution is -2.48. The zero-order valence-corrected chi connectivity index (χ0v) is 19.6. The van der Waals surface area contributed by atoms with E-state index in [1.54, 1.807) is 0 Å². The van der Waals surface area contributed by atoms with Crippen LogP contribution in [0.2, 0.25) is 5.02 Å². The number of aromatic nitrogens is 3. The average molecular weight is 518 g/mol. The Labute approximate surface area is 208 Å². The van der Waals surface area contributed by atoms with Gasteiger partial charge in [0.2, 0.25) is 0 Å². The molecule has 4 aromatic rings. The van der Waals surface area contributed by atoms with Crippen LogP contribution >= 0.6 is 11.6 Å². The van der Waals surface area contributed by atoms with Crippen LogP contribution in [0.3, 0.4) is 0 Å². The molecule has 0 aliphatic carbocycles. The number of benzene rings is 2. The van der Waals surface area contributed by atoms with Crippen molar-refractivity contribution in [2.45, 2.75) is 12.7 Å². The lowest BCUT2D eigenvalue weighted by Gasteiger charge is -2.34. The van der Waals surface area contributed by atoms with E-state index in [2.05, 4.69) is 15.0 Å². The normalized spacial score (nSPS) is 15.0. The van der Waals surface area contributed by atoms with Crippen molar-refractivity contribution < 1.29 is 22.4 Å². The number of halogens is 5. The van der Waals surface area contributed by atoms with Gasteiger partial charge in [0.15, 0.2) is 17.0 Å². The summed E-state index contributed by atoms with van der Waals surface area (Å²) in [6.07, 6.45) is -4.80. The monoisotopic (exact) mass is 517 g/mol. The summed E-state index contributed by atoms with van der Waals surface area (Å²) in [5.41, 5.74) is -0.364. The van der Waals surface area contributed by atoms with E-state index < -0.39 is 23.6 Å². The summed E-state index contributed by atoms with van der Waals surface area (Å²) in [5.74, 6) is -1.09. The summed E-state index contributed by atoms with van der Waals surface area (Å²) >= 11 is 6.38. The quantitative estimate of drug-likeness (QED) is 0.351. The predicted molar refractivity (Wildman–Crippen MR) is 126 cm³/mol. The van der Waals surface area contributed by atoms with E-state index in [-0.39, 0.29) is 27.6 Å². The van der Waals surface area contributed by atoms with Crippen LogP contribution < -0.4 is 0 Å². The minimum absolute atomic E-state index is 0.0647. The van der Waals surface area contributed by atoms with Crippen molar-refractivity contribution in [2.24, 2.45) is 0 Å². The number of alkyl halides is 3. The summed E-state index contributed by atoms with van der Waals surface area (Å²) in [4.78, 5) is 21.2. The van der Waals surface area contributed by atoms with Crippen LogP contribution in [-0.4, -0.2) is 56.5 Å². The molecule has 186 valence electrons. The first-order valence-electron chi connectivity index (χ1n) is 11.2. The van der Waals surface area contributed by atoms with E-state index >= 15 is 0 Å². The summed E-state index contributed by atoms with van der Waals surface area (Å²) in [5, 5.41) is 3.66. The van der Waals surface area contributed by atoms with Gasteiger partial charge in [0.05, 0.1) is 5.69 Å². The Kier molecular flexibility index (Phi) is 6.40. The van der Waals surface area contributed by atoms with Gasteiger partial charge in [0.25, 0.3) is 5.91 Å². The Morgan fingerprint density at radius 2 is 1.64 bits per heavy atom. The van der Waals surface area contributed by atoms with E-state index in [1.807, 2.05) is 30.3 Å². The van der Waals surface area contributed by atoms with E-state index in [0.717, 1.165) is 30.3 Å². The zero-order chi connectivity index (χ0) is 25.4. The largest absolute Gasteiger partial charge is 0.433 e. The SMILES string of the molecule is O=C(c1nn2c(C(F)(F)F)cc(-c3ccc(F)cc3)nc2c1Cl)N1CCN(Cc2ccccc2)CC1. The molecule has 2 aromatic carbocycles. The number of carbonyl (C=O) groups excluding carboxylic acids is 1. The number of hydrogen-bond acceptors (Lipinski definition) is 4. The number of amides is 1.